The summed E-state index contributed by atoms with van der Waals surface area (Å²) in [4.78, 5) is 31.6. The van der Waals surface area contributed by atoms with E-state index in [1.807, 2.05) is 38.9 Å². The summed E-state index contributed by atoms with van der Waals surface area (Å²) in [6.45, 7) is 8.61. The fourth-order valence-corrected chi connectivity index (χ4v) is 4.27. The lowest BCUT2D eigenvalue weighted by atomic mass is 9.90. The summed E-state index contributed by atoms with van der Waals surface area (Å²) in [5.41, 5.74) is 0.776. The van der Waals surface area contributed by atoms with E-state index in [-0.39, 0.29) is 17.9 Å². The highest BCUT2D eigenvalue weighted by Crippen LogP contribution is 2.27. The molecule has 0 saturated carbocycles. The van der Waals surface area contributed by atoms with Gasteiger partial charge in [0.05, 0.1) is 12.2 Å². The lowest BCUT2D eigenvalue weighted by molar-refractivity contribution is 0.0405. The van der Waals surface area contributed by atoms with Gasteiger partial charge in [0, 0.05) is 37.3 Å². The van der Waals surface area contributed by atoms with E-state index in [1.165, 1.54) is 11.3 Å². The van der Waals surface area contributed by atoms with Crippen molar-refractivity contribution in [3.05, 3.63) is 23.5 Å². The Morgan fingerprint density at radius 2 is 2.14 bits per heavy atom. The van der Waals surface area contributed by atoms with E-state index >= 15 is 0 Å². The lowest BCUT2D eigenvalue weighted by Crippen LogP contribution is -2.53. The monoisotopic (exact) mass is 419 g/mol. The second-order valence-electron chi connectivity index (χ2n) is 8.51. The number of thiazole rings is 1. The predicted octanol–water partition coefficient (Wildman–Crippen LogP) is 3.31. The first-order chi connectivity index (χ1) is 13.6. The molecule has 1 fully saturated rings. The number of ether oxygens (including phenoxy) is 1. The number of piperidine rings is 1. The minimum atomic E-state index is -0.554. The van der Waals surface area contributed by atoms with Crippen LogP contribution in [0.5, 0.6) is 0 Å². The van der Waals surface area contributed by atoms with Gasteiger partial charge in [0.15, 0.2) is 0 Å². The van der Waals surface area contributed by atoms with Gasteiger partial charge in [0.1, 0.15) is 16.3 Å². The fourth-order valence-electron chi connectivity index (χ4n) is 3.50. The van der Waals surface area contributed by atoms with Crippen molar-refractivity contribution in [3.63, 3.8) is 0 Å². The molecule has 1 aliphatic heterocycles. The Labute approximate surface area is 175 Å². The van der Waals surface area contributed by atoms with E-state index in [0.717, 1.165) is 23.4 Å². The molecular formula is C20H29N5O3S. The molecule has 1 saturated heterocycles. The van der Waals surface area contributed by atoms with Crippen molar-refractivity contribution < 1.29 is 14.3 Å². The fraction of sp³-hybridized carbons (Fsp3) is 0.600. The maximum atomic E-state index is 13.2. The van der Waals surface area contributed by atoms with E-state index in [1.54, 1.807) is 16.3 Å². The second-order valence-corrected chi connectivity index (χ2v) is 9.37. The minimum absolute atomic E-state index is 0.0905. The molecule has 0 spiro atoms. The van der Waals surface area contributed by atoms with Crippen molar-refractivity contribution >= 4 is 23.3 Å². The van der Waals surface area contributed by atoms with Gasteiger partial charge in [0.2, 0.25) is 0 Å². The molecule has 0 aromatic carbocycles. The third-order valence-corrected chi connectivity index (χ3v) is 5.80. The molecule has 2 atom stereocenters. The average Bonchev–Trinajstić information content (AvgIpc) is 3.27. The smallest absolute Gasteiger partial charge is 0.407 e. The molecule has 2 amide bonds. The highest BCUT2D eigenvalue weighted by Gasteiger charge is 2.34. The topological polar surface area (TPSA) is 89.4 Å². The standard InChI is InChI=1S/C20H29N5O3S/c1-13-7-6-8-25(16(13)10-21-19(27)28-20(2,3)4)18(26)15-12-29-17(23-15)14-9-22-24(5)11-14/h9,11-13,16H,6-8,10H2,1-5H3,(H,21,27)/t13-,16-/m1/s1. The maximum Gasteiger partial charge on any atom is 0.407 e. The second kappa shape index (κ2) is 8.52. The number of nitrogens with zero attached hydrogens (tertiary/aromatic N) is 4. The Balaban J connectivity index is 1.70. The van der Waals surface area contributed by atoms with E-state index < -0.39 is 11.7 Å². The molecule has 3 heterocycles. The van der Waals surface area contributed by atoms with Crippen LogP contribution in [0.1, 0.15) is 51.0 Å². The van der Waals surface area contributed by atoms with Gasteiger partial charge < -0.3 is 15.0 Å². The molecule has 2 aromatic rings. The molecule has 8 nitrogen and oxygen atoms in total. The largest absolute Gasteiger partial charge is 0.444 e. The Morgan fingerprint density at radius 3 is 2.79 bits per heavy atom. The summed E-state index contributed by atoms with van der Waals surface area (Å²) in [6.07, 6.45) is 5.11. The zero-order chi connectivity index (χ0) is 21.2. The van der Waals surface area contributed by atoms with Gasteiger partial charge in [-0.05, 0) is 39.5 Å². The number of aryl methyl sites for hydroxylation is 1. The van der Waals surface area contributed by atoms with Crippen LogP contribution in [0.3, 0.4) is 0 Å². The number of hydrogen-bond acceptors (Lipinski definition) is 6. The van der Waals surface area contributed by atoms with Crippen molar-refractivity contribution in [3.8, 4) is 10.6 Å². The van der Waals surface area contributed by atoms with Gasteiger partial charge in [-0.2, -0.15) is 5.10 Å². The van der Waals surface area contributed by atoms with Crippen LogP contribution in [0.15, 0.2) is 17.8 Å². The molecule has 9 heteroatoms. The Bertz CT molecular complexity index is 870. The van der Waals surface area contributed by atoms with Crippen LogP contribution < -0.4 is 5.32 Å². The van der Waals surface area contributed by atoms with Gasteiger partial charge in [-0.3, -0.25) is 9.48 Å². The van der Waals surface area contributed by atoms with Gasteiger partial charge >= 0.3 is 6.09 Å². The van der Waals surface area contributed by atoms with Crippen LogP contribution in [0.4, 0.5) is 4.79 Å². The summed E-state index contributed by atoms with van der Waals surface area (Å²) in [6, 6.07) is -0.0905. The van der Waals surface area contributed by atoms with Crippen molar-refractivity contribution in [1.29, 1.82) is 0 Å². The summed E-state index contributed by atoms with van der Waals surface area (Å²) in [7, 11) is 1.85. The van der Waals surface area contributed by atoms with E-state index in [0.29, 0.717) is 18.8 Å². The first-order valence-corrected chi connectivity index (χ1v) is 10.7. The summed E-state index contributed by atoms with van der Waals surface area (Å²) in [5.74, 6) is 0.179. The van der Waals surface area contributed by atoms with Crippen LogP contribution >= 0.6 is 11.3 Å². The molecule has 1 N–H and O–H groups in total. The number of rotatable bonds is 4. The van der Waals surface area contributed by atoms with E-state index in [9.17, 15) is 9.59 Å². The summed E-state index contributed by atoms with van der Waals surface area (Å²) in [5, 5.41) is 9.55. The quantitative estimate of drug-likeness (QED) is 0.821. The van der Waals surface area contributed by atoms with Crippen molar-refractivity contribution in [1.82, 2.24) is 25.0 Å². The third-order valence-electron chi connectivity index (χ3n) is 4.91. The Morgan fingerprint density at radius 1 is 1.38 bits per heavy atom. The minimum Gasteiger partial charge on any atom is -0.444 e. The Hall–Kier alpha value is -2.42. The van der Waals surface area contributed by atoms with Crippen LogP contribution in [-0.2, 0) is 11.8 Å². The molecule has 158 valence electrons. The zero-order valence-corrected chi connectivity index (χ0v) is 18.5. The molecule has 1 aliphatic rings. The number of carbonyl (C=O) groups excluding carboxylic acids is 2. The normalized spacial score (nSPS) is 19.8. The lowest BCUT2D eigenvalue weighted by Gasteiger charge is -2.39. The number of carbonyl (C=O) groups is 2. The van der Waals surface area contributed by atoms with Crippen LogP contribution in [0.25, 0.3) is 10.6 Å². The van der Waals surface area contributed by atoms with Crippen LogP contribution in [0, 0.1) is 5.92 Å². The first kappa shape index (κ1) is 21.3. The third kappa shape index (κ3) is 5.35. The molecule has 2 aromatic heterocycles. The molecule has 0 radical (unpaired) electrons. The number of alkyl carbamates (subject to hydrolysis) is 1. The summed E-state index contributed by atoms with van der Waals surface area (Å²) < 4.78 is 7.04. The zero-order valence-electron chi connectivity index (χ0n) is 17.6. The number of amides is 2. The number of hydrogen-bond donors (Lipinski definition) is 1. The molecule has 0 unspecified atom stereocenters. The van der Waals surface area contributed by atoms with E-state index in [2.05, 4.69) is 22.3 Å². The van der Waals surface area contributed by atoms with Crippen molar-refractivity contribution in [2.24, 2.45) is 13.0 Å². The van der Waals surface area contributed by atoms with Gasteiger partial charge in [-0.15, -0.1) is 11.3 Å². The number of aromatic nitrogens is 3. The van der Waals surface area contributed by atoms with Crippen LogP contribution in [0.2, 0.25) is 0 Å². The highest BCUT2D eigenvalue weighted by molar-refractivity contribution is 7.13. The average molecular weight is 420 g/mol. The molecule has 3 rings (SSSR count). The van der Waals surface area contributed by atoms with Gasteiger partial charge in [-0.25, -0.2) is 9.78 Å². The van der Waals surface area contributed by atoms with Gasteiger partial charge in [-0.1, -0.05) is 6.92 Å². The molecular weight excluding hydrogens is 390 g/mol. The molecule has 29 heavy (non-hydrogen) atoms. The SMILES string of the molecule is C[C@@H]1CCCN(C(=O)c2csc(-c3cnn(C)c3)n2)[C@@H]1CNC(=O)OC(C)(C)C. The first-order valence-electron chi connectivity index (χ1n) is 9.86. The Kier molecular flexibility index (Phi) is 6.26. The van der Waals surface area contributed by atoms with Crippen molar-refractivity contribution in [2.75, 3.05) is 13.1 Å². The van der Waals surface area contributed by atoms with Gasteiger partial charge in [0.25, 0.3) is 5.91 Å². The molecule has 0 aliphatic carbocycles. The van der Waals surface area contributed by atoms with Crippen molar-refractivity contribution in [2.45, 2.75) is 52.2 Å². The van der Waals surface area contributed by atoms with E-state index in [4.69, 9.17) is 4.74 Å². The number of likely N-dealkylation sites (tertiary alicyclic amines) is 1. The van der Waals surface area contributed by atoms with Crippen LogP contribution in [-0.4, -0.2) is 56.4 Å². The predicted molar refractivity (Wildman–Crippen MR) is 112 cm³/mol. The maximum absolute atomic E-state index is 13.2. The highest BCUT2D eigenvalue weighted by atomic mass is 32.1. The summed E-state index contributed by atoms with van der Waals surface area (Å²) >= 11 is 1.43. The number of nitrogens with one attached hydrogen (secondary N) is 1. The molecule has 0 bridgehead atoms.